The molecule has 0 aliphatic carbocycles. The second kappa shape index (κ2) is 8.75. The first-order chi connectivity index (χ1) is 15.9. The van der Waals surface area contributed by atoms with Crippen LogP contribution >= 0.6 is 0 Å². The zero-order chi connectivity index (χ0) is 24.8. The molecule has 1 aromatic carbocycles. The van der Waals surface area contributed by atoms with Gasteiger partial charge in [0.25, 0.3) is 0 Å². The monoisotopic (exact) mass is 494 g/mol. The fourth-order valence-corrected chi connectivity index (χ4v) is 4.46. The maximum atomic E-state index is 13.7. The number of likely N-dealkylation sites (tertiary alicyclic amines) is 2. The molecule has 34 heavy (non-hydrogen) atoms. The number of benzene rings is 1. The first-order valence-corrected chi connectivity index (χ1v) is 10.4. The number of aromatic nitrogens is 2. The number of ether oxygens (including phenoxy) is 1. The van der Waals surface area contributed by atoms with Gasteiger partial charge in [-0.1, -0.05) is 12.1 Å². The number of hydrogen-bond donors (Lipinski definition) is 0. The summed E-state index contributed by atoms with van der Waals surface area (Å²) in [5.74, 6) is -5.99. The Balaban J connectivity index is 1.35. The third-order valence-corrected chi connectivity index (χ3v) is 6.21. The molecule has 6 nitrogen and oxygen atoms in total. The van der Waals surface area contributed by atoms with Crippen molar-refractivity contribution in [1.82, 2.24) is 19.6 Å². The Hall–Kier alpha value is -2.83. The maximum absolute atomic E-state index is 13.7. The number of rotatable bonds is 5. The largest absolute Gasteiger partial charge is 0.466 e. The molecule has 2 aliphatic rings. The lowest BCUT2D eigenvalue weighted by atomic mass is 10.0. The third-order valence-electron chi connectivity index (χ3n) is 6.21. The zero-order valence-corrected chi connectivity index (χ0v) is 17.9. The van der Waals surface area contributed by atoms with E-state index in [0.717, 1.165) is 10.6 Å². The van der Waals surface area contributed by atoms with Crippen molar-refractivity contribution in [1.29, 1.82) is 0 Å². The fourth-order valence-electron chi connectivity index (χ4n) is 4.46. The topological polar surface area (TPSA) is 50.6 Å². The maximum Gasteiger partial charge on any atom is 0.466 e. The minimum Gasteiger partial charge on any atom is -0.398 e. The molecule has 2 fully saturated rings. The molecule has 4 rings (SSSR count). The number of aryl methyl sites for hydroxylation is 1. The van der Waals surface area contributed by atoms with E-state index in [4.69, 9.17) is 0 Å². The Morgan fingerprint density at radius 3 is 2.32 bits per heavy atom. The van der Waals surface area contributed by atoms with Gasteiger partial charge in [-0.15, -0.1) is 0 Å². The van der Waals surface area contributed by atoms with Gasteiger partial charge in [-0.2, -0.15) is 22.7 Å². The lowest BCUT2D eigenvalue weighted by Crippen LogP contribution is -2.53. The number of nitrogens with zero attached hydrogens (tertiary/aromatic N) is 4. The summed E-state index contributed by atoms with van der Waals surface area (Å²) in [6.45, 7) is 1.41. The first-order valence-electron chi connectivity index (χ1n) is 10.4. The molecule has 1 aromatic heterocycles. The molecule has 186 valence electrons. The Morgan fingerprint density at radius 2 is 1.76 bits per heavy atom. The van der Waals surface area contributed by atoms with Gasteiger partial charge in [0.2, 0.25) is 0 Å². The summed E-state index contributed by atoms with van der Waals surface area (Å²) >= 11 is 0. The van der Waals surface area contributed by atoms with Gasteiger partial charge >= 0.3 is 24.5 Å². The average Bonchev–Trinajstić information content (AvgIpc) is 3.40. The normalized spacial score (nSPS) is 22.8. The summed E-state index contributed by atoms with van der Waals surface area (Å²) < 4.78 is 95.8. The van der Waals surface area contributed by atoms with Crippen LogP contribution in [-0.2, 0) is 18.3 Å². The highest BCUT2D eigenvalue weighted by atomic mass is 19.4. The Morgan fingerprint density at radius 1 is 1.12 bits per heavy atom. The van der Waals surface area contributed by atoms with Crippen LogP contribution in [0.2, 0.25) is 0 Å². The van der Waals surface area contributed by atoms with Crippen LogP contribution in [0, 0.1) is 17.7 Å². The Labute approximate surface area is 189 Å². The number of carbonyl (C=O) groups excluding carboxylic acids is 1. The molecule has 3 heterocycles. The average molecular weight is 494 g/mol. The molecular weight excluding hydrogens is 473 g/mol. The van der Waals surface area contributed by atoms with E-state index in [-0.39, 0.29) is 30.7 Å². The van der Waals surface area contributed by atoms with Crippen molar-refractivity contribution in [2.24, 2.45) is 18.9 Å². The van der Waals surface area contributed by atoms with Crippen LogP contribution < -0.4 is 0 Å². The van der Waals surface area contributed by atoms with Crippen LogP contribution in [0.1, 0.15) is 5.69 Å². The molecule has 13 heteroatoms. The van der Waals surface area contributed by atoms with Crippen molar-refractivity contribution in [3.8, 4) is 11.3 Å². The summed E-state index contributed by atoms with van der Waals surface area (Å²) in [5, 5.41) is 4.40. The minimum absolute atomic E-state index is 0.0307. The van der Waals surface area contributed by atoms with Crippen LogP contribution in [0.25, 0.3) is 11.3 Å². The van der Waals surface area contributed by atoms with Gasteiger partial charge in [0.1, 0.15) is 5.82 Å². The predicted molar refractivity (Wildman–Crippen MR) is 105 cm³/mol. The van der Waals surface area contributed by atoms with E-state index in [0.29, 0.717) is 30.9 Å². The highest BCUT2D eigenvalue weighted by molar-refractivity contribution is 5.68. The van der Waals surface area contributed by atoms with Crippen LogP contribution in [0.3, 0.4) is 0 Å². The highest BCUT2D eigenvalue weighted by Gasteiger charge is 2.67. The minimum atomic E-state index is -6.06. The van der Waals surface area contributed by atoms with E-state index < -0.39 is 24.5 Å². The Kier molecular flexibility index (Phi) is 6.25. The van der Waals surface area contributed by atoms with Gasteiger partial charge in [0, 0.05) is 45.3 Å². The van der Waals surface area contributed by atoms with Crippen molar-refractivity contribution >= 4 is 6.09 Å². The number of fused-ring (bicyclic) bond motifs is 1. The highest BCUT2D eigenvalue weighted by Crippen LogP contribution is 2.41. The molecule has 0 bridgehead atoms. The van der Waals surface area contributed by atoms with E-state index in [1.807, 2.05) is 6.07 Å². The van der Waals surface area contributed by atoms with Gasteiger partial charge in [-0.05, 0) is 30.0 Å². The number of hydrogen-bond acceptors (Lipinski definition) is 4. The molecule has 3 unspecified atom stereocenters. The predicted octanol–water partition coefficient (Wildman–Crippen LogP) is 4.22. The van der Waals surface area contributed by atoms with E-state index in [1.54, 1.807) is 23.9 Å². The summed E-state index contributed by atoms with van der Waals surface area (Å²) in [6, 6.07) is 7.86. The van der Waals surface area contributed by atoms with Gasteiger partial charge in [0.15, 0.2) is 0 Å². The molecule has 2 aliphatic heterocycles. The zero-order valence-electron chi connectivity index (χ0n) is 17.9. The van der Waals surface area contributed by atoms with Gasteiger partial charge in [-0.3, -0.25) is 9.58 Å². The smallest absolute Gasteiger partial charge is 0.398 e. The SMILES string of the molecule is Cn1nc(-c2cccc(F)c2)cc1CN1CC2CN(C(=O)OC(F)(C(F)F)C(F)(F)F)CC2C1. The lowest BCUT2D eigenvalue weighted by molar-refractivity contribution is -0.351. The van der Waals surface area contributed by atoms with Gasteiger partial charge in [-0.25, -0.2) is 18.0 Å². The summed E-state index contributed by atoms with van der Waals surface area (Å²) in [5.41, 5.74) is 2.07. The lowest BCUT2D eigenvalue weighted by Gasteiger charge is -2.29. The third kappa shape index (κ3) is 4.57. The van der Waals surface area contributed by atoms with E-state index in [9.17, 15) is 35.5 Å². The van der Waals surface area contributed by atoms with Crippen LogP contribution in [-0.4, -0.2) is 70.3 Å². The first kappa shape index (κ1) is 24.3. The molecule has 1 amide bonds. The number of halogens is 7. The second-order valence-electron chi connectivity index (χ2n) is 8.59. The summed E-state index contributed by atoms with van der Waals surface area (Å²) in [4.78, 5) is 14.9. The summed E-state index contributed by atoms with van der Waals surface area (Å²) in [7, 11) is 1.75. The van der Waals surface area contributed by atoms with E-state index in [2.05, 4.69) is 14.7 Å². The second-order valence-corrected chi connectivity index (χ2v) is 8.59. The molecule has 2 saturated heterocycles. The van der Waals surface area contributed by atoms with E-state index >= 15 is 0 Å². The molecule has 0 N–H and O–H groups in total. The number of amides is 1. The molecular formula is C21H21F7N4O2. The number of alkyl halides is 6. The van der Waals surface area contributed by atoms with Gasteiger partial charge < -0.3 is 9.64 Å². The van der Waals surface area contributed by atoms with Gasteiger partial charge in [0.05, 0.1) is 11.4 Å². The van der Waals surface area contributed by atoms with Crippen molar-refractivity contribution in [3.63, 3.8) is 0 Å². The van der Waals surface area contributed by atoms with Crippen LogP contribution in [0.4, 0.5) is 35.5 Å². The van der Waals surface area contributed by atoms with Crippen molar-refractivity contribution in [2.75, 3.05) is 26.2 Å². The molecule has 2 aromatic rings. The van der Waals surface area contributed by atoms with Crippen molar-refractivity contribution in [2.45, 2.75) is 25.0 Å². The van der Waals surface area contributed by atoms with Crippen molar-refractivity contribution in [3.05, 3.63) is 41.8 Å². The molecule has 3 atom stereocenters. The van der Waals surface area contributed by atoms with Crippen molar-refractivity contribution < 1.29 is 40.3 Å². The molecule has 0 saturated carbocycles. The van der Waals surface area contributed by atoms with E-state index in [1.165, 1.54) is 12.1 Å². The quantitative estimate of drug-likeness (QED) is 0.585. The van der Waals surface area contributed by atoms with Crippen LogP contribution in [0.15, 0.2) is 30.3 Å². The fraction of sp³-hybridized carbons (Fsp3) is 0.524. The standard InChI is InChI=1S/C21H21F7N4O2/c1-30-16(6-17(29-30)12-3-2-4-15(22)5-12)11-31-7-13-9-32(10-14(13)8-31)19(33)34-20(25,18(23)24)21(26,27)28/h2-6,13-14,18H,7-11H2,1H3. The Bertz CT molecular complexity index is 1050. The number of carbonyl (C=O) groups is 1. The molecule has 0 radical (unpaired) electrons. The van der Waals surface area contributed by atoms with Crippen LogP contribution in [0.5, 0.6) is 0 Å². The molecule has 0 spiro atoms. The summed E-state index contributed by atoms with van der Waals surface area (Å²) in [6.07, 6.45) is -12.4.